The van der Waals surface area contributed by atoms with Gasteiger partial charge in [0.05, 0.1) is 49.4 Å². The maximum atomic E-state index is 13.7. The minimum Gasteiger partial charge on any atom is -0.456 e. The van der Waals surface area contributed by atoms with Gasteiger partial charge in [0.15, 0.2) is 0 Å². The Morgan fingerprint density at radius 1 is 0.410 bits per heavy atom. The van der Waals surface area contributed by atoms with Crippen LogP contribution in [0.15, 0.2) is 327 Å². The van der Waals surface area contributed by atoms with Gasteiger partial charge in [-0.3, -0.25) is 38.0 Å². The highest BCUT2D eigenvalue weighted by molar-refractivity contribution is 8.00. The van der Waals surface area contributed by atoms with Crippen molar-refractivity contribution in [2.45, 2.75) is 67.4 Å². The van der Waals surface area contributed by atoms with Gasteiger partial charge in [-0.25, -0.2) is 22.0 Å². The van der Waals surface area contributed by atoms with Crippen LogP contribution in [0.3, 0.4) is 0 Å². The summed E-state index contributed by atoms with van der Waals surface area (Å²) in [7, 11) is 7.27. The molecule has 8 aromatic heterocycles. The van der Waals surface area contributed by atoms with Crippen molar-refractivity contribution in [3.63, 3.8) is 0 Å². The standard InChI is InChI=1S/C20H15F2N5O2S.C20H16FN5O2S.C19H14ClN5O2S.C19H16FNO2S.C18H13FN4OS.CO2/c1-11-23-19(26-29-11)16-10-17(27(2)25-16)30-13-8-6-12(7-9-13)24-20(28)18-14(21)4-3-5-15(18)22;1-12-22-19(25-28-12)17-11-18(26(2)24-17)29-14-9-7-13(8-10-14)23-20(27)15-5-3-4-6-16(15)21;1-25-17(10-16(23-25)18-21-11-27-24-18)28-13-8-6-12(7-9-13)22-19(26)14-4-2-3-5-15(14)20;1-12-11-18(13(2)24-12)23-15-9-7-14(8-10-15)21-19(22)16-5-3-4-6-17(16)20;1-20-16-11-17(23(2)22-16)25-13-9-7-12(8-10-13)21-18(24)14-5-3-4-6-15(14)19;2-1-3/h3-10H,1-2H3,(H,24,28);3-11H,1-2H3,(H,23,27);2-11H,1H3,(H,22,26);3-11H,1-2H3,(H,21,22);3-11H,2H3,(H,21,24);. The van der Waals surface area contributed by atoms with Crippen molar-refractivity contribution < 1.29 is 73.8 Å². The molecule has 139 heavy (non-hydrogen) atoms. The van der Waals surface area contributed by atoms with Crippen molar-refractivity contribution in [2.75, 3.05) is 26.6 Å². The normalized spacial score (nSPS) is 10.5. The Hall–Kier alpha value is -16.5. The van der Waals surface area contributed by atoms with Gasteiger partial charge in [-0.1, -0.05) is 135 Å². The number of carbonyl (C=O) groups excluding carboxylic acids is 7. The fourth-order valence-corrected chi connectivity index (χ4v) is 16.8. The summed E-state index contributed by atoms with van der Waals surface area (Å²) in [5.74, 6) is -1.95. The van der Waals surface area contributed by atoms with E-state index in [2.05, 4.69) is 82.2 Å². The highest BCUT2D eigenvalue weighted by Crippen LogP contribution is 2.38. The van der Waals surface area contributed by atoms with E-state index in [4.69, 9.17) is 46.1 Å². The largest absolute Gasteiger partial charge is 0.456 e. The maximum absolute atomic E-state index is 13.7. The van der Waals surface area contributed by atoms with Crippen LogP contribution < -0.4 is 31.3 Å². The first-order valence-electron chi connectivity index (χ1n) is 40.9. The van der Waals surface area contributed by atoms with Crippen LogP contribution in [0.25, 0.3) is 39.4 Å². The van der Waals surface area contributed by atoms with Crippen LogP contribution >= 0.6 is 70.0 Å². The van der Waals surface area contributed by atoms with Gasteiger partial charge in [0.1, 0.15) is 68.3 Å². The second-order valence-corrected chi connectivity index (χ2v) is 35.1. The summed E-state index contributed by atoms with van der Waals surface area (Å²) < 4.78 is 95.9. The molecular formula is C97H74ClF5N20O11S5. The Morgan fingerprint density at radius 3 is 1.07 bits per heavy atom. The van der Waals surface area contributed by atoms with Crippen molar-refractivity contribution in [1.82, 2.24) is 69.5 Å². The van der Waals surface area contributed by atoms with Gasteiger partial charge in [-0.15, -0.1) is 11.3 Å². The van der Waals surface area contributed by atoms with E-state index in [1.54, 1.807) is 191 Å². The van der Waals surface area contributed by atoms with Crippen molar-refractivity contribution in [3.05, 3.63) is 368 Å². The number of thiophene rings is 1. The Balaban J connectivity index is 0.000000146. The molecule has 10 aromatic carbocycles. The van der Waals surface area contributed by atoms with E-state index in [0.717, 1.165) is 62.4 Å². The second-order valence-electron chi connectivity index (χ2n) is 28.9. The van der Waals surface area contributed by atoms with E-state index < -0.39 is 58.3 Å². The van der Waals surface area contributed by atoms with Crippen LogP contribution in [0.4, 0.5) is 56.2 Å². The monoisotopic (exact) mass is 1980 g/mol. The van der Waals surface area contributed by atoms with E-state index in [1.165, 1.54) is 107 Å². The van der Waals surface area contributed by atoms with E-state index in [9.17, 15) is 45.9 Å². The van der Waals surface area contributed by atoms with Crippen molar-refractivity contribution in [1.29, 1.82) is 0 Å². The molecule has 700 valence electrons. The number of hydrogen-bond acceptors (Lipinski definition) is 26. The lowest BCUT2D eigenvalue weighted by atomic mass is 10.2. The second kappa shape index (κ2) is 47.6. The first-order chi connectivity index (χ1) is 67.0. The summed E-state index contributed by atoms with van der Waals surface area (Å²) in [6, 6.07) is 72.9. The zero-order chi connectivity index (χ0) is 98.8. The molecule has 42 heteroatoms. The lowest BCUT2D eigenvalue weighted by Crippen LogP contribution is -2.15. The van der Waals surface area contributed by atoms with Gasteiger partial charge in [0.25, 0.3) is 35.4 Å². The number of nitrogens with one attached hydrogen (secondary N) is 5. The third-order valence-electron chi connectivity index (χ3n) is 18.9. The number of ether oxygens (including phenoxy) is 1. The molecule has 0 bridgehead atoms. The molecule has 0 aliphatic rings. The number of amides is 5. The SMILES string of the molecule is Cc1cc(Oc2ccc(NC(=O)c3ccccc3F)cc2)c(C)s1.Cc1nc(-c2cc(Sc3ccc(NC(=O)c4c(F)cccc4F)cc3)n(C)n2)no1.Cc1nc(-c2cc(Sc3ccc(NC(=O)c4ccccc4F)cc3)n(C)n2)no1.Cn1nc(-c2ncon2)cc1Sc1ccc(NC(=O)c2ccccc2Cl)cc1.O=C=O.[C-]#[N+]c1cc(Sc2ccc(NC(=O)c3ccccc3F)cc2)n(C)n1. The molecule has 0 radical (unpaired) electrons. The molecule has 0 fully saturated rings. The van der Waals surface area contributed by atoms with Crippen molar-refractivity contribution >= 4 is 140 Å². The van der Waals surface area contributed by atoms with E-state index >= 15 is 0 Å². The maximum Gasteiger partial charge on any atom is 0.373 e. The predicted molar refractivity (Wildman–Crippen MR) is 513 cm³/mol. The first kappa shape index (κ1) is 100.0. The molecular weight excluding hydrogens is 1910 g/mol. The van der Waals surface area contributed by atoms with E-state index in [1.807, 2.05) is 101 Å². The number of carbonyl (C=O) groups is 5. The number of nitrogens with zero attached hydrogens (tertiary/aromatic N) is 15. The summed E-state index contributed by atoms with van der Waals surface area (Å²) in [5.41, 5.74) is 4.53. The molecule has 0 saturated heterocycles. The fourth-order valence-electron chi connectivity index (χ4n) is 12.3. The Morgan fingerprint density at radius 2 is 0.741 bits per heavy atom. The number of hydrogen-bond donors (Lipinski definition) is 5. The first-order valence-corrected chi connectivity index (χ1v) is 45.3. The molecule has 8 heterocycles. The van der Waals surface area contributed by atoms with Crippen LogP contribution in [-0.4, -0.2) is 105 Å². The number of anilines is 5. The van der Waals surface area contributed by atoms with Gasteiger partial charge in [0, 0.05) is 111 Å². The highest BCUT2D eigenvalue weighted by atomic mass is 35.5. The number of halogens is 6. The van der Waals surface area contributed by atoms with E-state index in [-0.39, 0.29) is 28.7 Å². The zero-order valence-electron chi connectivity index (χ0n) is 74.0. The molecule has 31 nitrogen and oxygen atoms in total. The lowest BCUT2D eigenvalue weighted by molar-refractivity contribution is -0.191. The van der Waals surface area contributed by atoms with Crippen LogP contribution in [0.2, 0.25) is 5.02 Å². The summed E-state index contributed by atoms with van der Waals surface area (Å²) in [6.07, 6.45) is 1.52. The quantitative estimate of drug-likeness (QED) is 0.0293. The van der Waals surface area contributed by atoms with Gasteiger partial charge >= 0.3 is 6.15 Å². The fraction of sp³-hybridized carbons (Fsp3) is 0.0825. The Kier molecular flexibility index (Phi) is 34.3. The molecule has 0 aliphatic carbocycles. The highest BCUT2D eigenvalue weighted by Gasteiger charge is 2.23. The van der Waals surface area contributed by atoms with Gasteiger partial charge in [0.2, 0.25) is 35.6 Å². The molecule has 18 aromatic rings. The Bertz CT molecular complexity index is 7440. The summed E-state index contributed by atoms with van der Waals surface area (Å²) >= 11 is 13.7. The molecule has 0 unspecified atom stereocenters. The van der Waals surface area contributed by atoms with Crippen LogP contribution in [0.5, 0.6) is 11.5 Å². The smallest absolute Gasteiger partial charge is 0.373 e. The summed E-state index contributed by atoms with van der Waals surface area (Å²) in [6.45, 7) is 14.5. The summed E-state index contributed by atoms with van der Waals surface area (Å²) in [4.78, 5) is 98.9. The molecule has 0 atom stereocenters. The predicted octanol–water partition coefficient (Wildman–Crippen LogP) is 22.8. The lowest BCUT2D eigenvalue weighted by Gasteiger charge is -2.08. The van der Waals surface area contributed by atoms with Crippen LogP contribution in [0, 0.1) is 63.4 Å². The number of benzene rings is 10. The molecule has 0 aliphatic heterocycles. The van der Waals surface area contributed by atoms with Crippen LogP contribution in [0.1, 0.15) is 73.3 Å². The third-order valence-corrected chi connectivity index (χ3v) is 24.6. The van der Waals surface area contributed by atoms with Gasteiger partial charge < -0.3 is 49.7 Å². The zero-order valence-corrected chi connectivity index (χ0v) is 78.8. The average Bonchev–Trinajstić information content (AvgIpc) is 1.71. The van der Waals surface area contributed by atoms with Crippen molar-refractivity contribution in [2.24, 2.45) is 28.2 Å². The Labute approximate surface area is 814 Å². The minimum atomic E-state index is -0.913. The number of rotatable bonds is 23. The molecule has 18 rings (SSSR count). The molecule has 5 amide bonds. The average molecular weight is 1990 g/mol. The molecule has 0 saturated carbocycles. The minimum absolute atomic E-state index is 0.00232. The number of aromatic nitrogens is 14. The van der Waals surface area contributed by atoms with Gasteiger partial charge in [-0.2, -0.15) is 44.5 Å². The topological polar surface area (TPSA) is 381 Å². The summed E-state index contributed by atoms with van der Waals surface area (Å²) in [5, 5.41) is 46.1. The van der Waals surface area contributed by atoms with Gasteiger partial charge in [-0.05, 0) is 213 Å². The van der Waals surface area contributed by atoms with Crippen molar-refractivity contribution in [3.8, 4) is 46.1 Å². The van der Waals surface area contributed by atoms with Crippen LogP contribution in [-0.2, 0) is 37.8 Å². The molecule has 5 N–H and O–H groups in total. The third kappa shape index (κ3) is 27.7. The van der Waals surface area contributed by atoms with E-state index in [0.29, 0.717) is 96.9 Å². The number of aryl methyl sites for hydroxylation is 8. The molecule has 0 spiro atoms.